The van der Waals surface area contributed by atoms with E-state index in [4.69, 9.17) is 23.2 Å². The van der Waals surface area contributed by atoms with Gasteiger partial charge in [-0.1, -0.05) is 23.2 Å². The van der Waals surface area contributed by atoms with Gasteiger partial charge in [-0.15, -0.1) is 0 Å². The zero-order valence-corrected chi connectivity index (χ0v) is 10.9. The van der Waals surface area contributed by atoms with Crippen molar-refractivity contribution in [3.05, 3.63) is 28.0 Å². The standard InChI is InChI=1S/C11H12Cl2FNS/c12-9-4-7(14)5-10(13)11(9)15-8-2-1-3-16-6-8/h4-5,8,15H,1-3,6H2. The minimum absolute atomic E-state index is 0.348. The summed E-state index contributed by atoms with van der Waals surface area (Å²) in [5, 5.41) is 3.99. The van der Waals surface area contributed by atoms with E-state index >= 15 is 0 Å². The number of benzene rings is 1. The topological polar surface area (TPSA) is 12.0 Å². The Hall–Kier alpha value is -0.120. The van der Waals surface area contributed by atoms with Gasteiger partial charge in [-0.05, 0) is 30.7 Å². The summed E-state index contributed by atoms with van der Waals surface area (Å²) in [6, 6.07) is 2.94. The third kappa shape index (κ3) is 2.96. The van der Waals surface area contributed by atoms with Crippen LogP contribution in [0.4, 0.5) is 10.1 Å². The van der Waals surface area contributed by atoms with E-state index in [2.05, 4.69) is 5.32 Å². The molecule has 0 aromatic heterocycles. The van der Waals surface area contributed by atoms with Crippen molar-refractivity contribution in [2.24, 2.45) is 0 Å². The monoisotopic (exact) mass is 279 g/mol. The highest BCUT2D eigenvalue weighted by atomic mass is 35.5. The quantitative estimate of drug-likeness (QED) is 0.859. The molecule has 1 aromatic carbocycles. The molecular weight excluding hydrogens is 268 g/mol. The van der Waals surface area contributed by atoms with E-state index in [-0.39, 0.29) is 0 Å². The van der Waals surface area contributed by atoms with Crippen molar-refractivity contribution >= 4 is 40.7 Å². The van der Waals surface area contributed by atoms with E-state index in [1.165, 1.54) is 24.3 Å². The lowest BCUT2D eigenvalue weighted by Crippen LogP contribution is -2.26. The van der Waals surface area contributed by atoms with Gasteiger partial charge in [-0.25, -0.2) is 4.39 Å². The Morgan fingerprint density at radius 2 is 2.00 bits per heavy atom. The predicted molar refractivity (Wildman–Crippen MR) is 70.4 cm³/mol. The molecule has 1 N–H and O–H groups in total. The van der Waals surface area contributed by atoms with Gasteiger partial charge in [0.25, 0.3) is 0 Å². The minimum atomic E-state index is -0.404. The third-order valence-electron chi connectivity index (χ3n) is 2.52. The van der Waals surface area contributed by atoms with Crippen molar-refractivity contribution in [3.63, 3.8) is 0 Å². The Kier molecular flexibility index (Phi) is 4.22. The van der Waals surface area contributed by atoms with Crippen molar-refractivity contribution in [1.29, 1.82) is 0 Å². The molecule has 1 nitrogen and oxygen atoms in total. The van der Waals surface area contributed by atoms with Gasteiger partial charge >= 0.3 is 0 Å². The molecule has 88 valence electrons. The van der Waals surface area contributed by atoms with E-state index in [0.717, 1.165) is 12.2 Å². The molecule has 1 atom stereocenters. The lowest BCUT2D eigenvalue weighted by molar-refractivity contribution is 0.627. The van der Waals surface area contributed by atoms with Crippen molar-refractivity contribution in [3.8, 4) is 0 Å². The number of rotatable bonds is 2. The fraction of sp³-hybridized carbons (Fsp3) is 0.455. The molecule has 0 spiro atoms. The smallest absolute Gasteiger partial charge is 0.126 e. The maximum absolute atomic E-state index is 13.0. The summed E-state index contributed by atoms with van der Waals surface area (Å²) in [5.74, 6) is 1.85. The second-order valence-corrected chi connectivity index (χ2v) is 5.77. The largest absolute Gasteiger partial charge is 0.379 e. The van der Waals surface area contributed by atoms with Crippen LogP contribution in [0.15, 0.2) is 12.1 Å². The van der Waals surface area contributed by atoms with Crippen molar-refractivity contribution in [1.82, 2.24) is 0 Å². The number of thioether (sulfide) groups is 1. The van der Waals surface area contributed by atoms with Gasteiger partial charge in [-0.3, -0.25) is 0 Å². The summed E-state index contributed by atoms with van der Waals surface area (Å²) < 4.78 is 13.0. The maximum Gasteiger partial charge on any atom is 0.126 e. The van der Waals surface area contributed by atoms with E-state index in [9.17, 15) is 4.39 Å². The highest BCUT2D eigenvalue weighted by Gasteiger charge is 2.16. The Morgan fingerprint density at radius 3 is 2.56 bits per heavy atom. The summed E-state index contributed by atoms with van der Waals surface area (Å²) in [5.41, 5.74) is 0.650. The van der Waals surface area contributed by atoms with E-state index in [1.807, 2.05) is 11.8 Å². The lowest BCUT2D eigenvalue weighted by atomic mass is 10.1. The molecule has 1 aliphatic rings. The minimum Gasteiger partial charge on any atom is -0.379 e. The first kappa shape index (κ1) is 12.3. The first-order valence-electron chi connectivity index (χ1n) is 5.15. The summed E-state index contributed by atoms with van der Waals surface area (Å²) in [4.78, 5) is 0. The average molecular weight is 280 g/mol. The molecule has 0 saturated carbocycles. The van der Waals surface area contributed by atoms with Gasteiger partial charge in [0.2, 0.25) is 0 Å². The molecule has 1 unspecified atom stereocenters. The highest BCUT2D eigenvalue weighted by Crippen LogP contribution is 2.33. The van der Waals surface area contributed by atoms with E-state index in [1.54, 1.807) is 0 Å². The molecule has 0 bridgehead atoms. The lowest BCUT2D eigenvalue weighted by Gasteiger charge is -2.24. The summed E-state index contributed by atoms with van der Waals surface area (Å²) >= 11 is 13.8. The molecule has 1 fully saturated rings. The highest BCUT2D eigenvalue weighted by molar-refractivity contribution is 7.99. The van der Waals surface area contributed by atoms with Crippen LogP contribution in [0.5, 0.6) is 0 Å². The normalized spacial score (nSPS) is 20.8. The summed E-state index contributed by atoms with van der Waals surface area (Å²) in [6.07, 6.45) is 2.30. The first-order valence-corrected chi connectivity index (χ1v) is 7.06. The molecule has 0 aliphatic carbocycles. The number of nitrogens with one attached hydrogen (secondary N) is 1. The predicted octanol–water partition coefficient (Wildman–Crippen LogP) is 4.44. The van der Waals surface area contributed by atoms with Crippen LogP contribution in [0.1, 0.15) is 12.8 Å². The first-order chi connectivity index (χ1) is 7.66. The third-order valence-corrected chi connectivity index (χ3v) is 4.33. The van der Waals surface area contributed by atoms with Gasteiger partial charge in [0, 0.05) is 11.8 Å². The molecule has 1 heterocycles. The fourth-order valence-electron chi connectivity index (χ4n) is 1.74. The van der Waals surface area contributed by atoms with E-state index in [0.29, 0.717) is 21.8 Å². The van der Waals surface area contributed by atoms with Crippen LogP contribution in [0.3, 0.4) is 0 Å². The number of anilines is 1. The number of halogens is 3. The second kappa shape index (κ2) is 5.48. The van der Waals surface area contributed by atoms with Crippen molar-refractivity contribution in [2.75, 3.05) is 16.8 Å². The maximum atomic E-state index is 13.0. The molecular formula is C11H12Cl2FNS. The van der Waals surface area contributed by atoms with E-state index < -0.39 is 5.82 Å². The number of hydrogen-bond donors (Lipinski definition) is 1. The van der Waals surface area contributed by atoms with Gasteiger partial charge in [0.15, 0.2) is 0 Å². The zero-order chi connectivity index (χ0) is 11.5. The summed E-state index contributed by atoms with van der Waals surface area (Å²) in [6.45, 7) is 0. The van der Waals surface area contributed by atoms with Crippen molar-refractivity contribution < 1.29 is 4.39 Å². The Bertz CT molecular complexity index is 357. The molecule has 1 aromatic rings. The van der Waals surface area contributed by atoms with Crippen LogP contribution in [0.2, 0.25) is 10.0 Å². The van der Waals surface area contributed by atoms with Crippen LogP contribution in [-0.4, -0.2) is 17.5 Å². The van der Waals surface area contributed by atoms with Crippen LogP contribution in [0.25, 0.3) is 0 Å². The van der Waals surface area contributed by atoms with Crippen LogP contribution >= 0.6 is 35.0 Å². The Balaban J connectivity index is 2.14. The SMILES string of the molecule is Fc1cc(Cl)c(NC2CCCSC2)c(Cl)c1. The van der Waals surface area contributed by atoms with Crippen LogP contribution < -0.4 is 5.32 Å². The molecule has 16 heavy (non-hydrogen) atoms. The zero-order valence-electron chi connectivity index (χ0n) is 8.60. The fourth-order valence-corrected chi connectivity index (χ4v) is 3.38. The molecule has 0 amide bonds. The Labute approximate surface area is 109 Å². The average Bonchev–Trinajstić information content (AvgIpc) is 2.25. The molecule has 2 rings (SSSR count). The Morgan fingerprint density at radius 1 is 1.31 bits per heavy atom. The van der Waals surface area contributed by atoms with Gasteiger partial charge in [-0.2, -0.15) is 11.8 Å². The molecule has 5 heteroatoms. The molecule has 0 radical (unpaired) electrons. The second-order valence-electron chi connectivity index (χ2n) is 3.80. The van der Waals surface area contributed by atoms with Crippen LogP contribution in [-0.2, 0) is 0 Å². The molecule has 1 aliphatic heterocycles. The van der Waals surface area contributed by atoms with Crippen molar-refractivity contribution in [2.45, 2.75) is 18.9 Å². The van der Waals surface area contributed by atoms with Gasteiger partial charge in [0.1, 0.15) is 5.82 Å². The van der Waals surface area contributed by atoms with Gasteiger partial charge in [0.05, 0.1) is 15.7 Å². The number of hydrogen-bond acceptors (Lipinski definition) is 2. The molecule has 1 saturated heterocycles. The van der Waals surface area contributed by atoms with Crippen LogP contribution in [0, 0.1) is 5.82 Å². The summed E-state index contributed by atoms with van der Waals surface area (Å²) in [7, 11) is 0. The van der Waals surface area contributed by atoms with Gasteiger partial charge < -0.3 is 5.32 Å².